The average molecular weight is 448 g/mol. The van der Waals surface area contributed by atoms with Crippen molar-refractivity contribution in [3.63, 3.8) is 0 Å². The van der Waals surface area contributed by atoms with Crippen LogP contribution in [0.5, 0.6) is 0 Å². The molecule has 0 aliphatic carbocycles. The van der Waals surface area contributed by atoms with Gasteiger partial charge in [0.05, 0.1) is 25.1 Å². The lowest BCUT2D eigenvalue weighted by atomic mass is 10.1. The molecule has 33 heavy (non-hydrogen) atoms. The Balaban J connectivity index is 1.20. The van der Waals surface area contributed by atoms with Crippen LogP contribution in [0.25, 0.3) is 0 Å². The van der Waals surface area contributed by atoms with Gasteiger partial charge in [-0.25, -0.2) is 4.98 Å². The van der Waals surface area contributed by atoms with E-state index in [1.165, 1.54) is 11.3 Å². The quantitative estimate of drug-likeness (QED) is 0.451. The molecule has 0 radical (unpaired) electrons. The topological polar surface area (TPSA) is 106 Å². The molecule has 0 saturated carbocycles. The predicted octanol–water partition coefficient (Wildman–Crippen LogP) is 1.39. The number of nitrogens with zero attached hydrogens (tertiary/aromatic N) is 4. The molecule has 3 N–H and O–H groups in total. The molecule has 0 bridgehead atoms. The van der Waals surface area contributed by atoms with Gasteiger partial charge in [0.15, 0.2) is 0 Å². The van der Waals surface area contributed by atoms with Gasteiger partial charge in [-0.05, 0) is 30.9 Å². The Bertz CT molecular complexity index is 1160. The van der Waals surface area contributed by atoms with Crippen molar-refractivity contribution in [1.29, 1.82) is 0 Å². The molecule has 5 rings (SSSR count). The maximum Gasteiger partial charge on any atom is 0.277 e. The second kappa shape index (κ2) is 9.58. The second-order valence-electron chi connectivity index (χ2n) is 8.59. The highest BCUT2D eigenvalue weighted by Gasteiger charge is 2.31. The summed E-state index contributed by atoms with van der Waals surface area (Å²) in [5.41, 5.74) is 3.54. The molecule has 0 saturated heterocycles. The van der Waals surface area contributed by atoms with Crippen LogP contribution >= 0.6 is 0 Å². The van der Waals surface area contributed by atoms with Gasteiger partial charge in [0.2, 0.25) is 5.91 Å². The fraction of sp³-hybridized carbons (Fsp3) is 0.417. The van der Waals surface area contributed by atoms with Crippen LogP contribution in [0.4, 0.5) is 5.69 Å². The fourth-order valence-electron chi connectivity index (χ4n) is 4.57. The summed E-state index contributed by atoms with van der Waals surface area (Å²) in [5.74, 6) is 0.501. The molecule has 1 atom stereocenters. The van der Waals surface area contributed by atoms with E-state index in [2.05, 4.69) is 38.2 Å². The Kier molecular flexibility index (Phi) is 6.21. The number of fused-ring (bicyclic) bond motifs is 2. The smallest absolute Gasteiger partial charge is 0.277 e. The van der Waals surface area contributed by atoms with Gasteiger partial charge in [0.1, 0.15) is 17.6 Å². The highest BCUT2D eigenvalue weighted by molar-refractivity contribution is 5.80. The summed E-state index contributed by atoms with van der Waals surface area (Å²) in [6.07, 6.45) is 5.56. The van der Waals surface area contributed by atoms with Gasteiger partial charge < -0.3 is 10.6 Å². The van der Waals surface area contributed by atoms with Crippen molar-refractivity contribution in [2.24, 2.45) is 0 Å². The number of anilines is 1. The molecule has 0 fully saturated rings. The van der Waals surface area contributed by atoms with E-state index in [1.54, 1.807) is 10.8 Å². The number of rotatable bonds is 8. The minimum Gasteiger partial charge on any atom is -0.379 e. The largest absolute Gasteiger partial charge is 0.379 e. The Morgan fingerprint density at radius 1 is 1.21 bits per heavy atom. The highest BCUT2D eigenvalue weighted by Crippen LogP contribution is 2.23. The molecule has 1 amide bonds. The zero-order chi connectivity index (χ0) is 22.6. The standard InChI is InChI=1S/C24H29N7O2/c32-23(28-14-18-13-19-10-12-25-16-30(19)29-18)21-8-9-22-27-15-20(24(33)31(21)22)26-11-4-7-17-5-2-1-3-6-17/h1-3,5-6,13,15,21,25-26H,4,7-12,14,16H2,(H,28,32)/t21-/m0/s1. The maximum atomic E-state index is 13.1. The first-order chi connectivity index (χ1) is 16.2. The van der Waals surface area contributed by atoms with Gasteiger partial charge >= 0.3 is 0 Å². The minimum atomic E-state index is -0.537. The molecule has 9 nitrogen and oxygen atoms in total. The molecule has 1 aromatic carbocycles. The molecule has 2 aromatic heterocycles. The summed E-state index contributed by atoms with van der Waals surface area (Å²) >= 11 is 0. The van der Waals surface area contributed by atoms with Gasteiger partial charge in [-0.1, -0.05) is 30.3 Å². The molecular formula is C24H29N7O2. The zero-order valence-corrected chi connectivity index (χ0v) is 18.6. The first-order valence-corrected chi connectivity index (χ1v) is 11.6. The molecule has 9 heteroatoms. The lowest BCUT2D eigenvalue weighted by Crippen LogP contribution is -2.36. The van der Waals surface area contributed by atoms with Crippen LogP contribution in [-0.2, 0) is 37.3 Å². The third-order valence-electron chi connectivity index (χ3n) is 6.30. The summed E-state index contributed by atoms with van der Waals surface area (Å²) in [7, 11) is 0. The van der Waals surface area contributed by atoms with Crippen LogP contribution < -0.4 is 21.5 Å². The van der Waals surface area contributed by atoms with Crippen molar-refractivity contribution in [2.45, 2.75) is 51.4 Å². The third-order valence-corrected chi connectivity index (χ3v) is 6.30. The average Bonchev–Trinajstić information content (AvgIpc) is 3.46. The van der Waals surface area contributed by atoms with E-state index in [0.717, 1.165) is 31.5 Å². The number of amides is 1. The van der Waals surface area contributed by atoms with Crippen LogP contribution in [0.1, 0.15) is 41.7 Å². The van der Waals surface area contributed by atoms with Crippen molar-refractivity contribution < 1.29 is 4.79 Å². The van der Waals surface area contributed by atoms with Crippen LogP contribution in [0.15, 0.2) is 47.4 Å². The monoisotopic (exact) mass is 447 g/mol. The van der Waals surface area contributed by atoms with E-state index in [-0.39, 0.29) is 11.5 Å². The Morgan fingerprint density at radius 3 is 2.94 bits per heavy atom. The fourth-order valence-corrected chi connectivity index (χ4v) is 4.57. The van der Waals surface area contributed by atoms with Gasteiger partial charge in [-0.3, -0.25) is 24.2 Å². The Hall–Kier alpha value is -3.46. The third kappa shape index (κ3) is 4.68. The number of nitrogens with one attached hydrogen (secondary N) is 3. The van der Waals surface area contributed by atoms with Gasteiger partial charge in [0.25, 0.3) is 5.56 Å². The highest BCUT2D eigenvalue weighted by atomic mass is 16.2. The van der Waals surface area contributed by atoms with Gasteiger partial charge in [-0.2, -0.15) is 5.10 Å². The SMILES string of the molecule is O=C(NCc1cc2n(n1)CNCC2)[C@@H]1CCc2ncc(NCCCc3ccccc3)c(=O)n21. The lowest BCUT2D eigenvalue weighted by molar-refractivity contribution is -0.124. The van der Waals surface area contributed by atoms with E-state index < -0.39 is 6.04 Å². The number of aromatic nitrogens is 4. The van der Waals surface area contributed by atoms with E-state index in [9.17, 15) is 9.59 Å². The minimum absolute atomic E-state index is 0.164. The molecule has 2 aliphatic heterocycles. The van der Waals surface area contributed by atoms with Crippen molar-refractivity contribution in [2.75, 3.05) is 18.4 Å². The summed E-state index contributed by atoms with van der Waals surface area (Å²) in [6, 6.07) is 11.8. The summed E-state index contributed by atoms with van der Waals surface area (Å²) < 4.78 is 3.48. The maximum absolute atomic E-state index is 13.1. The number of aryl methyl sites for hydroxylation is 2. The zero-order valence-electron chi connectivity index (χ0n) is 18.6. The van der Waals surface area contributed by atoms with Gasteiger partial charge in [-0.15, -0.1) is 0 Å². The van der Waals surface area contributed by atoms with Crippen LogP contribution in [-0.4, -0.2) is 38.3 Å². The second-order valence-corrected chi connectivity index (χ2v) is 8.59. The first kappa shape index (κ1) is 21.4. The molecule has 0 unspecified atom stereocenters. The van der Waals surface area contributed by atoms with Crippen molar-refractivity contribution in [1.82, 2.24) is 30.0 Å². The predicted molar refractivity (Wildman–Crippen MR) is 125 cm³/mol. The Morgan fingerprint density at radius 2 is 2.09 bits per heavy atom. The van der Waals surface area contributed by atoms with Gasteiger partial charge in [0, 0.05) is 31.6 Å². The van der Waals surface area contributed by atoms with Crippen molar-refractivity contribution in [3.8, 4) is 0 Å². The molecule has 0 spiro atoms. The van der Waals surface area contributed by atoms with Crippen LogP contribution in [0.3, 0.4) is 0 Å². The van der Waals surface area contributed by atoms with Crippen LogP contribution in [0.2, 0.25) is 0 Å². The summed E-state index contributed by atoms with van der Waals surface area (Å²) in [5, 5.41) is 14.0. The van der Waals surface area contributed by atoms with Crippen molar-refractivity contribution >= 4 is 11.6 Å². The number of benzene rings is 1. The van der Waals surface area contributed by atoms with E-state index in [0.29, 0.717) is 44.1 Å². The van der Waals surface area contributed by atoms with Crippen LogP contribution in [0, 0.1) is 0 Å². The van der Waals surface area contributed by atoms with E-state index >= 15 is 0 Å². The number of hydrogen-bond donors (Lipinski definition) is 3. The molecular weight excluding hydrogens is 418 g/mol. The summed E-state index contributed by atoms with van der Waals surface area (Å²) in [6.45, 7) is 2.66. The molecule has 3 aromatic rings. The lowest BCUT2D eigenvalue weighted by Gasteiger charge is -2.15. The first-order valence-electron chi connectivity index (χ1n) is 11.6. The molecule has 172 valence electrons. The number of carbonyl (C=O) groups excluding carboxylic acids is 1. The summed E-state index contributed by atoms with van der Waals surface area (Å²) in [4.78, 5) is 30.5. The molecule has 4 heterocycles. The number of hydrogen-bond acceptors (Lipinski definition) is 6. The van der Waals surface area contributed by atoms with E-state index in [4.69, 9.17) is 0 Å². The Labute approximate surface area is 192 Å². The van der Waals surface area contributed by atoms with Crippen molar-refractivity contribution in [3.05, 3.63) is 75.7 Å². The van der Waals surface area contributed by atoms with E-state index in [1.807, 2.05) is 28.9 Å². The molecule has 2 aliphatic rings. The number of carbonyl (C=O) groups is 1. The normalized spacial score (nSPS) is 16.8.